The number of rotatable bonds is 6. The van der Waals surface area contributed by atoms with Crippen LogP contribution in [0.25, 0.3) is 0 Å². The first-order valence-electron chi connectivity index (χ1n) is 9.45. The Morgan fingerprint density at radius 3 is 2.59 bits per heavy atom. The van der Waals surface area contributed by atoms with Crippen LogP contribution in [-0.4, -0.2) is 41.4 Å². The maximum absolute atomic E-state index is 14.7. The first kappa shape index (κ1) is 19.6. The Kier molecular flexibility index (Phi) is 6.29. The Bertz CT molecular complexity index is 844. The van der Waals surface area contributed by atoms with Crippen LogP contribution in [0.15, 0.2) is 35.1 Å². The van der Waals surface area contributed by atoms with Crippen LogP contribution in [0, 0.1) is 12.7 Å². The lowest BCUT2D eigenvalue weighted by atomic mass is 9.94. The summed E-state index contributed by atoms with van der Waals surface area (Å²) in [6.07, 6.45) is 3.11. The standard InChI is InChI=1S/C21H27FN2O3/c1-15-14-18(25)19(21(26)24(15)12-13-27-2)20(23-10-6-3-7-11-23)16-8-4-5-9-17(16)22/h4-5,8-9,14,20,25H,3,6-7,10-13H2,1-2H3/t20-/m0/s1. The number of likely N-dealkylation sites (tertiary alicyclic amines) is 1. The van der Waals surface area contributed by atoms with Crippen LogP contribution < -0.4 is 5.56 Å². The number of methoxy groups -OCH3 is 1. The Hall–Kier alpha value is -2.18. The van der Waals surface area contributed by atoms with Crippen LogP contribution in [0.1, 0.15) is 42.1 Å². The highest BCUT2D eigenvalue weighted by molar-refractivity contribution is 5.41. The second-order valence-electron chi connectivity index (χ2n) is 7.05. The predicted molar refractivity (Wildman–Crippen MR) is 103 cm³/mol. The molecule has 2 heterocycles. The largest absolute Gasteiger partial charge is 0.507 e. The zero-order valence-corrected chi connectivity index (χ0v) is 15.9. The SMILES string of the molecule is COCCn1c(C)cc(O)c([C@H](c2ccccc2F)N2CCCCC2)c1=O. The molecule has 0 radical (unpaired) electrons. The topological polar surface area (TPSA) is 54.7 Å². The van der Waals surface area contributed by atoms with Gasteiger partial charge in [0.25, 0.3) is 5.56 Å². The van der Waals surface area contributed by atoms with Gasteiger partial charge in [0.1, 0.15) is 11.6 Å². The quantitative estimate of drug-likeness (QED) is 0.844. The first-order chi connectivity index (χ1) is 13.0. The molecule has 0 unspecified atom stereocenters. The lowest BCUT2D eigenvalue weighted by Gasteiger charge is -2.35. The number of pyridine rings is 1. The molecule has 0 amide bonds. The van der Waals surface area contributed by atoms with Gasteiger partial charge >= 0.3 is 0 Å². The lowest BCUT2D eigenvalue weighted by Crippen LogP contribution is -2.39. The predicted octanol–water partition coefficient (Wildman–Crippen LogP) is 3.22. The molecule has 0 aliphatic carbocycles. The number of aromatic hydroxyl groups is 1. The second kappa shape index (κ2) is 8.67. The normalized spacial score (nSPS) is 16.4. The molecule has 1 aliphatic heterocycles. The molecule has 1 N–H and O–H groups in total. The van der Waals surface area contributed by atoms with Gasteiger partial charge in [-0.2, -0.15) is 0 Å². The summed E-state index contributed by atoms with van der Waals surface area (Å²) in [5, 5.41) is 10.7. The number of aromatic nitrogens is 1. The third kappa shape index (κ3) is 4.06. The van der Waals surface area contributed by atoms with Gasteiger partial charge in [0.15, 0.2) is 0 Å². The molecule has 1 saturated heterocycles. The van der Waals surface area contributed by atoms with E-state index in [4.69, 9.17) is 4.74 Å². The summed E-state index contributed by atoms with van der Waals surface area (Å²) in [4.78, 5) is 15.4. The molecule has 1 aliphatic rings. The summed E-state index contributed by atoms with van der Waals surface area (Å²) < 4.78 is 21.4. The van der Waals surface area contributed by atoms with Gasteiger partial charge in [0.05, 0.1) is 18.2 Å². The van der Waals surface area contributed by atoms with E-state index in [9.17, 15) is 14.3 Å². The van der Waals surface area contributed by atoms with E-state index in [2.05, 4.69) is 4.90 Å². The van der Waals surface area contributed by atoms with E-state index in [1.54, 1.807) is 42.9 Å². The molecule has 1 atom stereocenters. The van der Waals surface area contributed by atoms with E-state index in [0.29, 0.717) is 24.4 Å². The highest BCUT2D eigenvalue weighted by Crippen LogP contribution is 2.35. The molecule has 6 heteroatoms. The van der Waals surface area contributed by atoms with E-state index in [-0.39, 0.29) is 22.7 Å². The Labute approximate surface area is 159 Å². The monoisotopic (exact) mass is 374 g/mol. The van der Waals surface area contributed by atoms with Gasteiger partial charge in [-0.15, -0.1) is 0 Å². The van der Waals surface area contributed by atoms with Crippen LogP contribution in [0.2, 0.25) is 0 Å². The molecule has 1 aromatic carbocycles. The summed E-state index contributed by atoms with van der Waals surface area (Å²) in [6.45, 7) is 4.09. The molecular formula is C21H27FN2O3. The number of hydrogen-bond donors (Lipinski definition) is 1. The molecular weight excluding hydrogens is 347 g/mol. The van der Waals surface area contributed by atoms with Crippen molar-refractivity contribution in [2.75, 3.05) is 26.8 Å². The summed E-state index contributed by atoms with van der Waals surface area (Å²) in [6, 6.07) is 7.49. The molecule has 27 heavy (non-hydrogen) atoms. The molecule has 5 nitrogen and oxygen atoms in total. The fraction of sp³-hybridized carbons (Fsp3) is 0.476. The van der Waals surface area contributed by atoms with E-state index in [1.165, 1.54) is 6.07 Å². The minimum atomic E-state index is -0.603. The van der Waals surface area contributed by atoms with Gasteiger partial charge < -0.3 is 14.4 Å². The second-order valence-corrected chi connectivity index (χ2v) is 7.05. The first-order valence-corrected chi connectivity index (χ1v) is 9.45. The van der Waals surface area contributed by atoms with Gasteiger partial charge in [-0.1, -0.05) is 24.6 Å². The number of halogens is 1. The number of piperidine rings is 1. The number of ether oxygens (including phenoxy) is 1. The lowest BCUT2D eigenvalue weighted by molar-refractivity contribution is 0.176. The van der Waals surface area contributed by atoms with Crippen molar-refractivity contribution in [1.82, 2.24) is 9.47 Å². The Morgan fingerprint density at radius 2 is 1.93 bits per heavy atom. The average Bonchev–Trinajstić information content (AvgIpc) is 2.66. The van der Waals surface area contributed by atoms with Gasteiger partial charge in [0.2, 0.25) is 0 Å². The number of hydrogen-bond acceptors (Lipinski definition) is 4. The van der Waals surface area contributed by atoms with E-state index < -0.39 is 6.04 Å². The van der Waals surface area contributed by atoms with Crippen molar-refractivity contribution in [2.24, 2.45) is 0 Å². The third-order valence-electron chi connectivity index (χ3n) is 5.27. The number of aryl methyl sites for hydroxylation is 1. The van der Waals surface area contributed by atoms with Crippen molar-refractivity contribution < 1.29 is 14.2 Å². The van der Waals surface area contributed by atoms with Gasteiger partial charge in [0, 0.05) is 24.9 Å². The van der Waals surface area contributed by atoms with Crippen molar-refractivity contribution in [1.29, 1.82) is 0 Å². The average molecular weight is 374 g/mol. The smallest absolute Gasteiger partial charge is 0.259 e. The fourth-order valence-electron chi connectivity index (χ4n) is 3.89. The molecule has 0 saturated carbocycles. The minimum Gasteiger partial charge on any atom is -0.507 e. The molecule has 0 spiro atoms. The van der Waals surface area contributed by atoms with Crippen molar-refractivity contribution >= 4 is 0 Å². The van der Waals surface area contributed by atoms with Crippen molar-refractivity contribution in [3.05, 3.63) is 63.3 Å². The highest BCUT2D eigenvalue weighted by Gasteiger charge is 2.31. The third-order valence-corrected chi connectivity index (χ3v) is 5.27. The summed E-state index contributed by atoms with van der Waals surface area (Å²) >= 11 is 0. The maximum atomic E-state index is 14.7. The van der Waals surface area contributed by atoms with E-state index in [0.717, 1.165) is 32.4 Å². The van der Waals surface area contributed by atoms with Crippen molar-refractivity contribution in [3.63, 3.8) is 0 Å². The molecule has 1 aromatic heterocycles. The highest BCUT2D eigenvalue weighted by atomic mass is 19.1. The van der Waals surface area contributed by atoms with Crippen LogP contribution in [0.4, 0.5) is 4.39 Å². The maximum Gasteiger partial charge on any atom is 0.259 e. The van der Waals surface area contributed by atoms with Crippen LogP contribution >= 0.6 is 0 Å². The molecule has 3 rings (SSSR count). The zero-order valence-electron chi connectivity index (χ0n) is 15.9. The van der Waals surface area contributed by atoms with Crippen LogP contribution in [0.3, 0.4) is 0 Å². The van der Waals surface area contributed by atoms with Gasteiger partial charge in [-0.05, 0) is 45.0 Å². The molecule has 1 fully saturated rings. The zero-order chi connectivity index (χ0) is 19.4. The van der Waals surface area contributed by atoms with E-state index in [1.807, 2.05) is 0 Å². The fourth-order valence-corrected chi connectivity index (χ4v) is 3.89. The minimum absolute atomic E-state index is 0.0787. The van der Waals surface area contributed by atoms with Crippen molar-refractivity contribution in [3.8, 4) is 5.75 Å². The molecule has 2 aromatic rings. The van der Waals surface area contributed by atoms with Crippen LogP contribution in [0.5, 0.6) is 5.75 Å². The molecule has 0 bridgehead atoms. The van der Waals surface area contributed by atoms with E-state index >= 15 is 0 Å². The van der Waals surface area contributed by atoms with Crippen LogP contribution in [-0.2, 0) is 11.3 Å². The summed E-state index contributed by atoms with van der Waals surface area (Å²) in [5.41, 5.74) is 1.03. The Morgan fingerprint density at radius 1 is 1.22 bits per heavy atom. The number of nitrogens with zero attached hydrogens (tertiary/aromatic N) is 2. The Balaban J connectivity index is 2.17. The van der Waals surface area contributed by atoms with Gasteiger partial charge in [-0.25, -0.2) is 4.39 Å². The van der Waals surface area contributed by atoms with Gasteiger partial charge in [-0.3, -0.25) is 9.69 Å². The summed E-state index contributed by atoms with van der Waals surface area (Å²) in [7, 11) is 1.58. The number of benzene rings is 1. The molecule has 146 valence electrons. The van der Waals surface area contributed by atoms with Crippen molar-refractivity contribution in [2.45, 2.75) is 38.8 Å². The summed E-state index contributed by atoms with van der Waals surface area (Å²) in [5.74, 6) is -0.444.